The second-order valence-corrected chi connectivity index (χ2v) is 9.71. The van der Waals surface area contributed by atoms with Crippen LogP contribution in [-0.4, -0.2) is 25.8 Å². The Morgan fingerprint density at radius 2 is 0.775 bits per heavy atom. The summed E-state index contributed by atoms with van der Waals surface area (Å²) in [4.78, 5) is 0. The van der Waals surface area contributed by atoms with Crippen LogP contribution < -0.4 is 9.47 Å². The Labute approximate surface area is 237 Å². The molecule has 0 saturated carbocycles. The van der Waals surface area contributed by atoms with E-state index in [-0.39, 0.29) is 12.6 Å². The van der Waals surface area contributed by atoms with Crippen LogP contribution in [0.15, 0.2) is 97.1 Å². The summed E-state index contributed by atoms with van der Waals surface area (Å²) >= 11 is 0. The molecular weight excluding hydrogens is 496 g/mol. The van der Waals surface area contributed by atoms with Crippen LogP contribution in [0.5, 0.6) is 11.5 Å². The quantitative estimate of drug-likeness (QED) is 0.118. The van der Waals surface area contributed by atoms with Gasteiger partial charge in [0.15, 0.2) is 12.6 Å². The topological polar surface area (TPSA) is 36.9 Å². The minimum Gasteiger partial charge on any atom is -0.465 e. The van der Waals surface area contributed by atoms with Crippen LogP contribution in [0.25, 0.3) is 43.8 Å². The van der Waals surface area contributed by atoms with Gasteiger partial charge in [-0.05, 0) is 81.9 Å². The lowest BCUT2D eigenvalue weighted by Crippen LogP contribution is -2.19. The first kappa shape index (κ1) is 27.7. The molecular formula is C36H38O4. The smallest absolute Gasteiger partial charge is 0.199 e. The number of fused-ring (bicyclic) bond motifs is 2. The molecule has 0 fully saturated rings. The van der Waals surface area contributed by atoms with E-state index in [9.17, 15) is 0 Å². The predicted molar refractivity (Wildman–Crippen MR) is 165 cm³/mol. The Bertz CT molecular complexity index is 1370. The molecule has 0 aromatic heterocycles. The van der Waals surface area contributed by atoms with Crippen molar-refractivity contribution in [2.45, 2.75) is 53.1 Å². The molecule has 2 unspecified atom stereocenters. The maximum absolute atomic E-state index is 6.06. The molecule has 4 heteroatoms. The maximum Gasteiger partial charge on any atom is 0.199 e. The first-order chi connectivity index (χ1) is 19.7. The largest absolute Gasteiger partial charge is 0.465 e. The Morgan fingerprint density at radius 1 is 0.450 bits per heavy atom. The Morgan fingerprint density at radius 3 is 1.05 bits per heavy atom. The first-order valence-corrected chi connectivity index (χ1v) is 14.4. The van der Waals surface area contributed by atoms with Gasteiger partial charge >= 0.3 is 0 Å². The number of rotatable bonds is 12. The lowest BCUT2D eigenvalue weighted by molar-refractivity contribution is -0.0769. The van der Waals surface area contributed by atoms with Gasteiger partial charge in [-0.1, -0.05) is 86.6 Å². The molecule has 0 amide bonds. The molecule has 0 aliphatic heterocycles. The summed E-state index contributed by atoms with van der Waals surface area (Å²) in [6, 6.07) is 34.1. The average molecular weight is 535 g/mol. The fourth-order valence-corrected chi connectivity index (χ4v) is 5.30. The Balaban J connectivity index is 1.59. The highest BCUT2D eigenvalue weighted by atomic mass is 16.7. The van der Waals surface area contributed by atoms with Crippen LogP contribution in [0.2, 0.25) is 0 Å². The fourth-order valence-electron chi connectivity index (χ4n) is 5.30. The summed E-state index contributed by atoms with van der Waals surface area (Å²) in [5.74, 6) is 1.62. The summed E-state index contributed by atoms with van der Waals surface area (Å²) < 4.78 is 23.5. The third kappa shape index (κ3) is 5.84. The van der Waals surface area contributed by atoms with Crippen molar-refractivity contribution < 1.29 is 18.9 Å². The average Bonchev–Trinajstić information content (AvgIpc) is 3.00. The summed E-state index contributed by atoms with van der Waals surface area (Å²) in [5.41, 5.74) is 4.75. The van der Waals surface area contributed by atoms with E-state index < -0.39 is 0 Å². The van der Waals surface area contributed by atoms with E-state index in [1.54, 1.807) is 0 Å². The van der Waals surface area contributed by atoms with Gasteiger partial charge in [-0.3, -0.25) is 0 Å². The highest BCUT2D eigenvalue weighted by Gasteiger charge is 2.17. The lowest BCUT2D eigenvalue weighted by Gasteiger charge is -2.20. The van der Waals surface area contributed by atoms with E-state index in [0.717, 1.165) is 35.5 Å². The monoisotopic (exact) mass is 534 g/mol. The molecule has 0 bridgehead atoms. The molecule has 0 N–H and O–H groups in total. The number of ether oxygens (including phenoxy) is 4. The van der Waals surface area contributed by atoms with Gasteiger partial charge < -0.3 is 18.9 Å². The van der Waals surface area contributed by atoms with Crippen molar-refractivity contribution >= 4 is 21.5 Å². The Kier molecular flexibility index (Phi) is 9.00. The summed E-state index contributed by atoms with van der Waals surface area (Å²) in [6.07, 6.45) is 1.12. The zero-order valence-electron chi connectivity index (χ0n) is 23.9. The Hall–Kier alpha value is -3.86. The van der Waals surface area contributed by atoms with E-state index in [0.29, 0.717) is 13.2 Å². The molecule has 0 heterocycles. The minimum atomic E-state index is -0.236. The van der Waals surface area contributed by atoms with Gasteiger partial charge in [0.05, 0.1) is 0 Å². The third-order valence-electron chi connectivity index (χ3n) is 7.12. The molecule has 40 heavy (non-hydrogen) atoms. The molecule has 0 spiro atoms. The van der Waals surface area contributed by atoms with Crippen LogP contribution in [0.3, 0.4) is 0 Å². The molecule has 0 aliphatic rings. The molecule has 0 aliphatic carbocycles. The third-order valence-corrected chi connectivity index (χ3v) is 7.12. The molecule has 5 aromatic rings. The zero-order chi connectivity index (χ0) is 27.9. The minimum absolute atomic E-state index is 0.236. The van der Waals surface area contributed by atoms with Crippen molar-refractivity contribution in [3.05, 3.63) is 97.1 Å². The van der Waals surface area contributed by atoms with Gasteiger partial charge in [0, 0.05) is 26.1 Å². The first-order valence-electron chi connectivity index (χ1n) is 14.4. The summed E-state index contributed by atoms with van der Waals surface area (Å²) in [6.45, 7) is 9.37. The number of hydrogen-bond acceptors (Lipinski definition) is 4. The van der Waals surface area contributed by atoms with Crippen LogP contribution in [0.4, 0.5) is 0 Å². The van der Waals surface area contributed by atoms with Gasteiger partial charge in [0.2, 0.25) is 0 Å². The maximum atomic E-state index is 6.06. The predicted octanol–water partition coefficient (Wildman–Crippen LogP) is 9.63. The van der Waals surface area contributed by atoms with Crippen molar-refractivity contribution in [3.8, 4) is 33.8 Å². The molecule has 0 saturated heterocycles. The van der Waals surface area contributed by atoms with E-state index in [1.165, 1.54) is 32.7 Å². The number of hydrogen-bond donors (Lipinski definition) is 0. The highest BCUT2D eigenvalue weighted by molar-refractivity contribution is 6.21. The second-order valence-electron chi connectivity index (χ2n) is 9.71. The molecule has 5 rings (SSSR count). The molecule has 0 radical (unpaired) electrons. The van der Waals surface area contributed by atoms with Crippen molar-refractivity contribution in [1.29, 1.82) is 0 Å². The van der Waals surface area contributed by atoms with E-state index >= 15 is 0 Å². The molecule has 2 atom stereocenters. The van der Waals surface area contributed by atoms with E-state index in [1.807, 2.05) is 38.1 Å². The zero-order valence-corrected chi connectivity index (χ0v) is 23.9. The molecule has 5 aromatic carbocycles. The molecule has 4 nitrogen and oxygen atoms in total. The van der Waals surface area contributed by atoms with Crippen molar-refractivity contribution in [2.75, 3.05) is 13.2 Å². The number of benzene rings is 5. The van der Waals surface area contributed by atoms with Gasteiger partial charge in [-0.25, -0.2) is 0 Å². The van der Waals surface area contributed by atoms with Crippen molar-refractivity contribution in [1.82, 2.24) is 0 Å². The summed E-state index contributed by atoms with van der Waals surface area (Å²) in [5, 5.41) is 4.86. The van der Waals surface area contributed by atoms with Crippen LogP contribution in [0, 0.1) is 0 Å². The highest BCUT2D eigenvalue weighted by Crippen LogP contribution is 2.44. The lowest BCUT2D eigenvalue weighted by atomic mass is 9.86. The van der Waals surface area contributed by atoms with Crippen LogP contribution in [-0.2, 0) is 9.47 Å². The summed E-state index contributed by atoms with van der Waals surface area (Å²) in [7, 11) is 0. The second kappa shape index (κ2) is 13.0. The molecule has 206 valence electrons. The fraction of sp³-hybridized carbons (Fsp3) is 0.278. The van der Waals surface area contributed by atoms with Gasteiger partial charge in [0.25, 0.3) is 0 Å². The normalized spacial score (nSPS) is 12.9. The van der Waals surface area contributed by atoms with Crippen molar-refractivity contribution in [3.63, 3.8) is 0 Å². The van der Waals surface area contributed by atoms with E-state index in [2.05, 4.69) is 86.6 Å². The SMILES string of the molecule is CCOC(CC)Oc1ccc(-c2c3ccccc3c(-c3ccc(OC(CC)OCC)cc3)c3ccccc23)cc1. The van der Waals surface area contributed by atoms with Gasteiger partial charge in [-0.2, -0.15) is 0 Å². The van der Waals surface area contributed by atoms with Crippen molar-refractivity contribution in [2.24, 2.45) is 0 Å². The van der Waals surface area contributed by atoms with Gasteiger partial charge in [0.1, 0.15) is 11.5 Å². The standard InChI is InChI=1S/C36H38O4/c1-5-33(37-7-3)39-27-21-17-25(18-22-27)35-29-13-9-11-15-31(29)36(32-16-12-10-14-30(32)35)26-19-23-28(24-20-26)40-34(6-2)38-8-4/h9-24,33-34H,5-8H2,1-4H3. The van der Waals surface area contributed by atoms with Crippen LogP contribution in [0.1, 0.15) is 40.5 Å². The van der Waals surface area contributed by atoms with E-state index in [4.69, 9.17) is 18.9 Å². The van der Waals surface area contributed by atoms with Crippen LogP contribution >= 0.6 is 0 Å². The van der Waals surface area contributed by atoms with Gasteiger partial charge in [-0.15, -0.1) is 0 Å².